The molecule has 0 saturated carbocycles. The highest BCUT2D eigenvalue weighted by atomic mass is 127. The molecule has 1 fully saturated rings. The topological polar surface area (TPSA) is 53.3 Å². The van der Waals surface area contributed by atoms with Crippen molar-refractivity contribution in [2.24, 2.45) is 5.41 Å². The van der Waals surface area contributed by atoms with Gasteiger partial charge in [0, 0.05) is 16.7 Å². The Bertz CT molecular complexity index is 656. The highest BCUT2D eigenvalue weighted by Gasteiger charge is 2.37. The standard InChI is InChI=1S/C18H22FIN2O2/c1-17(2,3)24-16(23)22-8-6-18(12-21,7-9-22)11-13-10-14(19)4-5-15(13)20/h4-5,10H,6-9,11H2,1-3H3. The van der Waals surface area contributed by atoms with Gasteiger partial charge in [-0.3, -0.25) is 0 Å². The fraction of sp³-hybridized carbons (Fsp3) is 0.556. The first-order valence-electron chi connectivity index (χ1n) is 7.97. The Morgan fingerprint density at radius 3 is 2.58 bits per heavy atom. The maximum atomic E-state index is 13.5. The maximum absolute atomic E-state index is 13.5. The Kier molecular flexibility index (Phi) is 5.74. The number of hydrogen-bond donors (Lipinski definition) is 0. The molecule has 130 valence electrons. The van der Waals surface area contributed by atoms with Crippen molar-refractivity contribution < 1.29 is 13.9 Å². The molecule has 1 heterocycles. The van der Waals surface area contributed by atoms with Crippen molar-refractivity contribution in [2.45, 2.75) is 45.6 Å². The van der Waals surface area contributed by atoms with E-state index >= 15 is 0 Å². The quantitative estimate of drug-likeness (QED) is 0.631. The monoisotopic (exact) mass is 444 g/mol. The number of halogens is 2. The summed E-state index contributed by atoms with van der Waals surface area (Å²) in [6.45, 7) is 6.46. The number of carbonyl (C=O) groups is 1. The third kappa shape index (κ3) is 4.82. The average Bonchev–Trinajstić information content (AvgIpc) is 2.50. The number of nitriles is 1. The first-order valence-corrected chi connectivity index (χ1v) is 9.05. The van der Waals surface area contributed by atoms with Crippen LogP contribution >= 0.6 is 22.6 Å². The van der Waals surface area contributed by atoms with E-state index in [0.717, 1.165) is 9.13 Å². The van der Waals surface area contributed by atoms with E-state index in [1.165, 1.54) is 12.1 Å². The van der Waals surface area contributed by atoms with Gasteiger partial charge in [0.15, 0.2) is 0 Å². The van der Waals surface area contributed by atoms with Crippen LogP contribution in [0, 0.1) is 26.1 Å². The average molecular weight is 444 g/mol. The molecule has 24 heavy (non-hydrogen) atoms. The lowest BCUT2D eigenvalue weighted by Crippen LogP contribution is -2.45. The first-order chi connectivity index (χ1) is 11.1. The normalized spacial score (nSPS) is 17.2. The molecule has 2 rings (SSSR count). The van der Waals surface area contributed by atoms with Crippen LogP contribution in [0.3, 0.4) is 0 Å². The van der Waals surface area contributed by atoms with E-state index in [0.29, 0.717) is 32.4 Å². The number of piperidine rings is 1. The summed E-state index contributed by atoms with van der Waals surface area (Å²) in [7, 11) is 0. The molecule has 1 aliphatic rings. The zero-order valence-corrected chi connectivity index (χ0v) is 16.4. The van der Waals surface area contributed by atoms with Crippen LogP contribution in [0.1, 0.15) is 39.2 Å². The molecule has 1 saturated heterocycles. The molecular weight excluding hydrogens is 422 g/mol. The molecule has 0 atom stereocenters. The van der Waals surface area contributed by atoms with Crippen molar-refractivity contribution in [1.29, 1.82) is 5.26 Å². The molecule has 4 nitrogen and oxygen atoms in total. The number of hydrogen-bond acceptors (Lipinski definition) is 3. The lowest BCUT2D eigenvalue weighted by molar-refractivity contribution is 0.0148. The second-order valence-electron chi connectivity index (χ2n) is 7.27. The molecule has 1 aromatic rings. The molecule has 0 bridgehead atoms. The number of carbonyl (C=O) groups excluding carboxylic acids is 1. The molecule has 1 amide bonds. The highest BCUT2D eigenvalue weighted by Crippen LogP contribution is 2.36. The summed E-state index contributed by atoms with van der Waals surface area (Å²) in [5.41, 5.74) is -0.243. The molecular formula is C18H22FIN2O2. The maximum Gasteiger partial charge on any atom is 0.410 e. The SMILES string of the molecule is CC(C)(C)OC(=O)N1CCC(C#N)(Cc2cc(F)ccc2I)CC1. The summed E-state index contributed by atoms with van der Waals surface area (Å²) >= 11 is 2.16. The van der Waals surface area contributed by atoms with Crippen molar-refractivity contribution in [1.82, 2.24) is 4.90 Å². The van der Waals surface area contributed by atoms with Crippen LogP contribution in [0.2, 0.25) is 0 Å². The van der Waals surface area contributed by atoms with Gasteiger partial charge < -0.3 is 9.64 Å². The molecule has 0 N–H and O–H groups in total. The molecule has 1 aromatic carbocycles. The number of rotatable bonds is 2. The third-order valence-electron chi connectivity index (χ3n) is 4.15. The fourth-order valence-corrected chi connectivity index (χ4v) is 3.34. The van der Waals surface area contributed by atoms with Crippen LogP contribution in [0.15, 0.2) is 18.2 Å². The third-order valence-corrected chi connectivity index (χ3v) is 5.20. The van der Waals surface area contributed by atoms with Gasteiger partial charge in [-0.1, -0.05) is 0 Å². The summed E-state index contributed by atoms with van der Waals surface area (Å²) < 4.78 is 19.8. The number of nitrogens with zero attached hydrogens (tertiary/aromatic N) is 2. The van der Waals surface area contributed by atoms with Crippen LogP contribution in [0.25, 0.3) is 0 Å². The predicted molar refractivity (Wildman–Crippen MR) is 97.9 cm³/mol. The summed E-state index contributed by atoms with van der Waals surface area (Å²) in [4.78, 5) is 13.8. The van der Waals surface area contributed by atoms with Gasteiger partial charge in [0.2, 0.25) is 0 Å². The summed E-state index contributed by atoms with van der Waals surface area (Å²) in [5, 5.41) is 9.69. The smallest absolute Gasteiger partial charge is 0.410 e. The first kappa shape index (κ1) is 19.0. The molecule has 1 aliphatic heterocycles. The van der Waals surface area contributed by atoms with Crippen molar-refractivity contribution in [3.05, 3.63) is 33.1 Å². The van der Waals surface area contributed by atoms with E-state index in [1.807, 2.05) is 20.8 Å². The van der Waals surface area contributed by atoms with Gasteiger partial charge in [-0.2, -0.15) is 5.26 Å². The number of benzene rings is 1. The summed E-state index contributed by atoms with van der Waals surface area (Å²) in [6, 6.07) is 7.07. The molecule has 0 aliphatic carbocycles. The van der Waals surface area contributed by atoms with Gasteiger partial charge in [0.05, 0.1) is 11.5 Å². The molecule has 6 heteroatoms. The predicted octanol–water partition coefficient (Wildman–Crippen LogP) is 4.51. The second kappa shape index (κ2) is 7.26. The van der Waals surface area contributed by atoms with Gasteiger partial charge in [-0.25, -0.2) is 9.18 Å². The van der Waals surface area contributed by atoms with Crippen LogP contribution in [0.5, 0.6) is 0 Å². The Hall–Kier alpha value is -1.36. The number of amides is 1. The van der Waals surface area contributed by atoms with E-state index in [9.17, 15) is 14.4 Å². The minimum absolute atomic E-state index is 0.287. The fourth-order valence-electron chi connectivity index (χ4n) is 2.82. The van der Waals surface area contributed by atoms with Crippen LogP contribution in [0.4, 0.5) is 9.18 Å². The van der Waals surface area contributed by atoms with E-state index in [2.05, 4.69) is 28.7 Å². The lowest BCUT2D eigenvalue weighted by atomic mass is 9.75. The van der Waals surface area contributed by atoms with Gasteiger partial charge in [0.1, 0.15) is 11.4 Å². The van der Waals surface area contributed by atoms with Crippen molar-refractivity contribution >= 4 is 28.7 Å². The van der Waals surface area contributed by atoms with Crippen molar-refractivity contribution in [3.8, 4) is 6.07 Å². The van der Waals surface area contributed by atoms with E-state index < -0.39 is 11.0 Å². The Labute approximate surface area is 156 Å². The lowest BCUT2D eigenvalue weighted by Gasteiger charge is -2.38. The van der Waals surface area contributed by atoms with Crippen molar-refractivity contribution in [3.63, 3.8) is 0 Å². The number of ether oxygens (including phenoxy) is 1. The van der Waals surface area contributed by atoms with Crippen LogP contribution in [-0.2, 0) is 11.2 Å². The minimum atomic E-state index is -0.563. The molecule has 0 unspecified atom stereocenters. The molecule has 0 aromatic heterocycles. The van der Waals surface area contributed by atoms with Crippen LogP contribution in [-0.4, -0.2) is 29.7 Å². The van der Waals surface area contributed by atoms with Crippen LogP contribution < -0.4 is 0 Å². The number of likely N-dealkylation sites (tertiary alicyclic amines) is 1. The molecule has 0 radical (unpaired) electrons. The zero-order valence-electron chi connectivity index (χ0n) is 14.2. The Balaban J connectivity index is 2.05. The largest absolute Gasteiger partial charge is 0.444 e. The Morgan fingerprint density at radius 1 is 1.42 bits per heavy atom. The van der Waals surface area contributed by atoms with Crippen molar-refractivity contribution in [2.75, 3.05) is 13.1 Å². The second-order valence-corrected chi connectivity index (χ2v) is 8.43. The molecule has 0 spiro atoms. The minimum Gasteiger partial charge on any atom is -0.444 e. The highest BCUT2D eigenvalue weighted by molar-refractivity contribution is 14.1. The van der Waals surface area contributed by atoms with Gasteiger partial charge in [-0.05, 0) is 86.4 Å². The Morgan fingerprint density at radius 2 is 2.04 bits per heavy atom. The van der Waals surface area contributed by atoms with Gasteiger partial charge >= 0.3 is 6.09 Å². The van der Waals surface area contributed by atoms with E-state index in [-0.39, 0.29) is 11.9 Å². The summed E-state index contributed by atoms with van der Waals surface area (Å²) in [5.74, 6) is -0.287. The van der Waals surface area contributed by atoms with E-state index in [4.69, 9.17) is 4.74 Å². The van der Waals surface area contributed by atoms with Gasteiger partial charge in [-0.15, -0.1) is 0 Å². The van der Waals surface area contributed by atoms with Gasteiger partial charge in [0.25, 0.3) is 0 Å². The van der Waals surface area contributed by atoms with E-state index in [1.54, 1.807) is 11.0 Å². The zero-order chi connectivity index (χ0) is 18.0. The summed E-state index contributed by atoms with van der Waals surface area (Å²) in [6.07, 6.45) is 1.29.